The molecule has 10 nitrogen and oxygen atoms in total. The normalized spacial score (nSPS) is 13.4. The number of amides is 3. The third-order valence-electron chi connectivity index (χ3n) is 6.58. The van der Waals surface area contributed by atoms with Crippen molar-refractivity contribution in [1.29, 1.82) is 0 Å². The van der Waals surface area contributed by atoms with Gasteiger partial charge < -0.3 is 30.4 Å². The van der Waals surface area contributed by atoms with Crippen LogP contribution >= 0.6 is 0 Å². The second-order valence-electron chi connectivity index (χ2n) is 10.3. The summed E-state index contributed by atoms with van der Waals surface area (Å²) in [5.74, 6) is -2.27. The highest BCUT2D eigenvalue weighted by Gasteiger charge is 2.33. The van der Waals surface area contributed by atoms with Gasteiger partial charge in [-0.2, -0.15) is 0 Å². The predicted molar refractivity (Wildman–Crippen MR) is 151 cm³/mol. The van der Waals surface area contributed by atoms with Crippen LogP contribution in [0.2, 0.25) is 0 Å². The number of fused-ring (bicyclic) bond motifs is 1. The highest BCUT2D eigenvalue weighted by atomic mass is 16.5. The van der Waals surface area contributed by atoms with Gasteiger partial charge in [0.1, 0.15) is 24.7 Å². The number of ether oxygens (including phenoxy) is 2. The van der Waals surface area contributed by atoms with Crippen molar-refractivity contribution in [2.75, 3.05) is 7.11 Å². The van der Waals surface area contributed by atoms with E-state index in [-0.39, 0.29) is 24.9 Å². The zero-order valence-corrected chi connectivity index (χ0v) is 23.5. The average molecular weight is 551 g/mol. The fourth-order valence-electron chi connectivity index (χ4n) is 4.32. The molecule has 0 spiro atoms. The summed E-state index contributed by atoms with van der Waals surface area (Å²) in [6.45, 7) is 7.18. The molecule has 1 heterocycles. The maximum absolute atomic E-state index is 13.4. The number of hydrogen-bond donors (Lipinski definition) is 4. The quantitative estimate of drug-likeness (QED) is 0.255. The Morgan fingerprint density at radius 3 is 2.05 bits per heavy atom. The minimum Gasteiger partial charge on any atom is -0.467 e. The number of methoxy groups -OCH3 is 1. The third kappa shape index (κ3) is 8.08. The molecule has 0 radical (unpaired) electrons. The predicted octanol–water partition coefficient (Wildman–Crippen LogP) is 3.46. The minimum absolute atomic E-state index is 0.0570. The Morgan fingerprint density at radius 2 is 1.40 bits per heavy atom. The molecule has 0 saturated heterocycles. The number of aromatic amines is 1. The van der Waals surface area contributed by atoms with Crippen LogP contribution in [0.1, 0.15) is 38.8 Å². The lowest BCUT2D eigenvalue weighted by molar-refractivity contribution is -0.145. The number of nitrogens with one attached hydrogen (secondary N) is 4. The molecule has 3 unspecified atom stereocenters. The smallest absolute Gasteiger partial charge is 0.408 e. The molecule has 0 aliphatic heterocycles. The molecule has 3 aromatic rings. The van der Waals surface area contributed by atoms with Crippen molar-refractivity contribution in [2.45, 2.75) is 58.8 Å². The van der Waals surface area contributed by atoms with Crippen molar-refractivity contribution >= 4 is 34.8 Å². The summed E-state index contributed by atoms with van der Waals surface area (Å²) in [4.78, 5) is 54.8. The van der Waals surface area contributed by atoms with Crippen LogP contribution in [0.5, 0.6) is 0 Å². The topological polar surface area (TPSA) is 139 Å². The maximum atomic E-state index is 13.4. The molecule has 40 heavy (non-hydrogen) atoms. The zero-order chi connectivity index (χ0) is 29.2. The number of carbonyl (C=O) groups excluding carboxylic acids is 4. The molecule has 0 saturated carbocycles. The van der Waals surface area contributed by atoms with Crippen LogP contribution < -0.4 is 16.0 Å². The number of esters is 1. The molecule has 3 amide bonds. The summed E-state index contributed by atoms with van der Waals surface area (Å²) in [6.07, 6.45) is 1.25. The monoisotopic (exact) mass is 550 g/mol. The van der Waals surface area contributed by atoms with E-state index in [4.69, 9.17) is 9.47 Å². The van der Waals surface area contributed by atoms with E-state index in [0.29, 0.717) is 0 Å². The Hall–Kier alpha value is -4.34. The second-order valence-corrected chi connectivity index (χ2v) is 10.3. The molecule has 3 atom stereocenters. The van der Waals surface area contributed by atoms with Gasteiger partial charge >= 0.3 is 12.1 Å². The lowest BCUT2D eigenvalue weighted by atomic mass is 9.99. The Kier molecular flexibility index (Phi) is 10.7. The van der Waals surface area contributed by atoms with Gasteiger partial charge in [-0.3, -0.25) is 9.59 Å². The van der Waals surface area contributed by atoms with Gasteiger partial charge in [0.15, 0.2) is 0 Å². The first-order valence-corrected chi connectivity index (χ1v) is 13.3. The molecule has 0 aliphatic rings. The molecule has 0 fully saturated rings. The molecule has 0 aliphatic carbocycles. The molecule has 3 rings (SSSR count). The van der Waals surface area contributed by atoms with E-state index < -0.39 is 42.0 Å². The van der Waals surface area contributed by atoms with E-state index in [0.717, 1.165) is 22.0 Å². The summed E-state index contributed by atoms with van der Waals surface area (Å²) in [6, 6.07) is 14.0. The fourth-order valence-corrected chi connectivity index (χ4v) is 4.32. The van der Waals surface area contributed by atoms with Gasteiger partial charge in [0, 0.05) is 23.5 Å². The largest absolute Gasteiger partial charge is 0.467 e. The molecule has 10 heteroatoms. The van der Waals surface area contributed by atoms with Gasteiger partial charge in [0.05, 0.1) is 7.11 Å². The van der Waals surface area contributed by atoms with Crippen LogP contribution in [-0.2, 0) is 36.9 Å². The van der Waals surface area contributed by atoms with Crippen LogP contribution in [0.3, 0.4) is 0 Å². The van der Waals surface area contributed by atoms with Crippen LogP contribution in [0.4, 0.5) is 4.79 Å². The Labute approximate surface area is 234 Å². The number of benzene rings is 2. The van der Waals surface area contributed by atoms with E-state index in [1.54, 1.807) is 33.9 Å². The van der Waals surface area contributed by atoms with Gasteiger partial charge in [0.25, 0.3) is 0 Å². The highest BCUT2D eigenvalue weighted by molar-refractivity contribution is 5.93. The highest BCUT2D eigenvalue weighted by Crippen LogP contribution is 2.19. The van der Waals surface area contributed by atoms with Gasteiger partial charge in [-0.1, -0.05) is 76.2 Å². The molecule has 0 bridgehead atoms. The van der Waals surface area contributed by atoms with Crippen molar-refractivity contribution in [3.05, 3.63) is 71.9 Å². The Morgan fingerprint density at radius 1 is 0.800 bits per heavy atom. The molecule has 1 aromatic heterocycles. The molecule has 214 valence electrons. The minimum atomic E-state index is -0.971. The average Bonchev–Trinajstić information content (AvgIpc) is 3.35. The number of alkyl carbamates (subject to hydrolysis) is 1. The molecular weight excluding hydrogens is 512 g/mol. The van der Waals surface area contributed by atoms with E-state index in [9.17, 15) is 19.2 Å². The first-order chi connectivity index (χ1) is 19.1. The summed E-state index contributed by atoms with van der Waals surface area (Å²) in [7, 11) is 1.26. The third-order valence-corrected chi connectivity index (χ3v) is 6.58. The zero-order valence-electron chi connectivity index (χ0n) is 23.5. The SMILES string of the molecule is COC(=O)C(Cc1c[nH]c2ccccc12)NC(=O)C(NC(=O)C(NC(=O)OCc1ccccc1)C(C)C)C(C)C. The van der Waals surface area contributed by atoms with E-state index in [2.05, 4.69) is 20.9 Å². The van der Waals surface area contributed by atoms with E-state index in [1.165, 1.54) is 7.11 Å². The number of aromatic nitrogens is 1. The van der Waals surface area contributed by atoms with Crippen LogP contribution in [0.25, 0.3) is 10.9 Å². The summed E-state index contributed by atoms with van der Waals surface area (Å²) in [5, 5.41) is 9.04. The van der Waals surface area contributed by atoms with Crippen LogP contribution in [0, 0.1) is 11.8 Å². The molecular formula is C30H38N4O6. The Bertz CT molecular complexity index is 1300. The van der Waals surface area contributed by atoms with Gasteiger partial charge in [-0.05, 0) is 29.0 Å². The van der Waals surface area contributed by atoms with Crippen molar-refractivity contribution < 1.29 is 28.7 Å². The molecule has 2 aromatic carbocycles. The maximum Gasteiger partial charge on any atom is 0.408 e. The fraction of sp³-hybridized carbons (Fsp3) is 0.400. The van der Waals surface area contributed by atoms with Crippen LogP contribution in [-0.4, -0.2) is 54.1 Å². The van der Waals surface area contributed by atoms with Gasteiger partial charge in [0.2, 0.25) is 11.8 Å². The van der Waals surface area contributed by atoms with Crippen molar-refractivity contribution in [2.24, 2.45) is 11.8 Å². The standard InChI is InChI=1S/C30H38N4O6/c1-18(2)25(33-28(36)26(19(3)4)34-30(38)40-17-20-11-7-6-8-12-20)27(35)32-24(29(37)39-5)15-21-16-31-23-14-10-9-13-22(21)23/h6-14,16,18-19,24-26,31H,15,17H2,1-5H3,(H,32,35)(H,33,36)(H,34,38). The summed E-state index contributed by atoms with van der Waals surface area (Å²) < 4.78 is 10.2. The van der Waals surface area contributed by atoms with E-state index >= 15 is 0 Å². The number of carbonyl (C=O) groups is 4. The second kappa shape index (κ2) is 14.2. The van der Waals surface area contributed by atoms with Crippen molar-refractivity contribution in [3.8, 4) is 0 Å². The lowest BCUT2D eigenvalue weighted by Crippen LogP contribution is -2.58. The Balaban J connectivity index is 1.67. The number of para-hydroxylation sites is 1. The number of rotatable bonds is 12. The lowest BCUT2D eigenvalue weighted by Gasteiger charge is -2.28. The van der Waals surface area contributed by atoms with Crippen LogP contribution in [0.15, 0.2) is 60.8 Å². The first kappa shape index (κ1) is 30.2. The van der Waals surface area contributed by atoms with Gasteiger partial charge in [-0.15, -0.1) is 0 Å². The van der Waals surface area contributed by atoms with Gasteiger partial charge in [-0.25, -0.2) is 9.59 Å². The number of hydrogen-bond acceptors (Lipinski definition) is 6. The first-order valence-electron chi connectivity index (χ1n) is 13.3. The summed E-state index contributed by atoms with van der Waals surface area (Å²) >= 11 is 0. The van der Waals surface area contributed by atoms with Crippen molar-refractivity contribution in [3.63, 3.8) is 0 Å². The summed E-state index contributed by atoms with van der Waals surface area (Å²) in [5.41, 5.74) is 2.57. The van der Waals surface area contributed by atoms with E-state index in [1.807, 2.05) is 54.6 Å². The number of H-pyrrole nitrogens is 1. The van der Waals surface area contributed by atoms with Crippen molar-refractivity contribution in [1.82, 2.24) is 20.9 Å². The molecule has 4 N–H and O–H groups in total.